The van der Waals surface area contributed by atoms with Crippen molar-refractivity contribution in [2.24, 2.45) is 0 Å². The Labute approximate surface area is 211 Å². The SMILES string of the molecule is COC(=O)c1cc(OC)c(OC)cc1NS(=O)(=O)c1ccc(O[C@H](C)C(=O)NC2CCCCC2)cc1. The first-order valence-electron chi connectivity index (χ1n) is 11.6. The lowest BCUT2D eigenvalue weighted by molar-refractivity contribution is -0.128. The first-order valence-corrected chi connectivity index (χ1v) is 13.1. The van der Waals surface area contributed by atoms with Gasteiger partial charge in [-0.25, -0.2) is 13.2 Å². The maximum Gasteiger partial charge on any atom is 0.340 e. The summed E-state index contributed by atoms with van der Waals surface area (Å²) in [6.45, 7) is 1.65. The normalized spacial score (nSPS) is 14.9. The highest BCUT2D eigenvalue weighted by Crippen LogP contribution is 2.35. The first-order chi connectivity index (χ1) is 17.2. The Kier molecular flexibility index (Phi) is 9.03. The minimum atomic E-state index is -4.09. The van der Waals surface area contributed by atoms with Gasteiger partial charge in [-0.2, -0.15) is 0 Å². The van der Waals surface area contributed by atoms with E-state index in [9.17, 15) is 18.0 Å². The second-order valence-electron chi connectivity index (χ2n) is 8.42. The molecule has 2 aromatic rings. The summed E-state index contributed by atoms with van der Waals surface area (Å²) in [6, 6.07) is 8.47. The zero-order valence-electron chi connectivity index (χ0n) is 20.8. The Hall–Kier alpha value is -3.47. The van der Waals surface area contributed by atoms with Crippen LogP contribution < -0.4 is 24.2 Å². The van der Waals surface area contributed by atoms with E-state index in [0.29, 0.717) is 5.75 Å². The van der Waals surface area contributed by atoms with Crippen LogP contribution in [-0.2, 0) is 19.6 Å². The van der Waals surface area contributed by atoms with Crippen molar-refractivity contribution in [1.82, 2.24) is 5.32 Å². The van der Waals surface area contributed by atoms with Crippen molar-refractivity contribution >= 4 is 27.6 Å². The van der Waals surface area contributed by atoms with Crippen molar-refractivity contribution in [3.63, 3.8) is 0 Å². The van der Waals surface area contributed by atoms with Crippen molar-refractivity contribution in [2.75, 3.05) is 26.1 Å². The molecule has 0 heterocycles. The molecule has 0 saturated heterocycles. The standard InChI is InChI=1S/C25H32N2O8S/c1-16(24(28)26-17-8-6-5-7-9-17)35-18-10-12-19(13-11-18)36(30,31)27-21-15-23(33-3)22(32-2)14-20(21)25(29)34-4/h10-17,27H,5-9H2,1-4H3,(H,26,28)/t16-/m1/s1. The number of anilines is 1. The molecule has 2 aromatic carbocycles. The second kappa shape index (κ2) is 12.0. The topological polar surface area (TPSA) is 129 Å². The van der Waals surface area contributed by atoms with Crippen LogP contribution in [-0.4, -0.2) is 53.8 Å². The molecule has 0 unspecified atom stereocenters. The Balaban J connectivity index is 1.73. The second-order valence-corrected chi connectivity index (χ2v) is 10.1. The third kappa shape index (κ3) is 6.60. The van der Waals surface area contributed by atoms with E-state index in [-0.39, 0.29) is 39.6 Å². The molecule has 3 rings (SSSR count). The fraction of sp³-hybridized carbons (Fsp3) is 0.440. The molecule has 36 heavy (non-hydrogen) atoms. The van der Waals surface area contributed by atoms with Crippen molar-refractivity contribution < 1.29 is 37.0 Å². The summed E-state index contributed by atoms with van der Waals surface area (Å²) in [4.78, 5) is 24.6. The number of hydrogen-bond donors (Lipinski definition) is 2. The summed E-state index contributed by atoms with van der Waals surface area (Å²) in [6.07, 6.45) is 4.61. The molecule has 1 aliphatic carbocycles. The van der Waals surface area contributed by atoms with Gasteiger partial charge in [0.2, 0.25) is 0 Å². The van der Waals surface area contributed by atoms with Gasteiger partial charge in [-0.3, -0.25) is 9.52 Å². The van der Waals surface area contributed by atoms with Crippen molar-refractivity contribution in [3.05, 3.63) is 42.0 Å². The van der Waals surface area contributed by atoms with Crippen molar-refractivity contribution in [3.8, 4) is 17.2 Å². The minimum Gasteiger partial charge on any atom is -0.493 e. The van der Waals surface area contributed by atoms with E-state index >= 15 is 0 Å². The summed E-state index contributed by atoms with van der Waals surface area (Å²) >= 11 is 0. The summed E-state index contributed by atoms with van der Waals surface area (Å²) in [5.74, 6) is -0.139. The number of hydrogen-bond acceptors (Lipinski definition) is 8. The summed E-state index contributed by atoms with van der Waals surface area (Å²) in [5, 5.41) is 3.01. The molecule has 11 heteroatoms. The molecule has 1 saturated carbocycles. The Bertz CT molecular complexity index is 1180. The lowest BCUT2D eigenvalue weighted by atomic mass is 9.95. The van der Waals surface area contributed by atoms with Crippen LogP contribution in [0.3, 0.4) is 0 Å². The molecule has 0 spiro atoms. The van der Waals surface area contributed by atoms with Gasteiger partial charge in [0.05, 0.1) is 37.5 Å². The van der Waals surface area contributed by atoms with E-state index in [1.54, 1.807) is 6.92 Å². The molecule has 0 radical (unpaired) electrons. The van der Waals surface area contributed by atoms with Crippen LogP contribution in [0.5, 0.6) is 17.2 Å². The maximum atomic E-state index is 13.0. The molecule has 196 valence electrons. The molecule has 2 N–H and O–H groups in total. The predicted molar refractivity (Wildman–Crippen MR) is 133 cm³/mol. The first kappa shape index (κ1) is 27.1. The van der Waals surface area contributed by atoms with Crippen LogP contribution in [0.1, 0.15) is 49.4 Å². The van der Waals surface area contributed by atoms with Gasteiger partial charge < -0.3 is 24.3 Å². The molecular weight excluding hydrogens is 488 g/mol. The smallest absolute Gasteiger partial charge is 0.340 e. The average Bonchev–Trinajstić information content (AvgIpc) is 2.88. The van der Waals surface area contributed by atoms with Crippen molar-refractivity contribution in [1.29, 1.82) is 0 Å². The highest BCUT2D eigenvalue weighted by molar-refractivity contribution is 7.92. The van der Waals surface area contributed by atoms with Crippen LogP contribution >= 0.6 is 0 Å². The van der Waals surface area contributed by atoms with Gasteiger partial charge in [-0.05, 0) is 44.0 Å². The Morgan fingerprint density at radius 1 is 0.944 bits per heavy atom. The fourth-order valence-electron chi connectivity index (χ4n) is 3.97. The molecule has 1 fully saturated rings. The predicted octanol–water partition coefficient (Wildman–Crippen LogP) is 3.51. The molecule has 0 bridgehead atoms. The number of nitrogens with one attached hydrogen (secondary N) is 2. The highest BCUT2D eigenvalue weighted by Gasteiger charge is 2.24. The van der Waals surface area contributed by atoms with E-state index in [1.807, 2.05) is 0 Å². The summed E-state index contributed by atoms with van der Waals surface area (Å²) in [7, 11) is -0.117. The van der Waals surface area contributed by atoms with Crippen LogP contribution in [0.4, 0.5) is 5.69 Å². The van der Waals surface area contributed by atoms with Crippen LogP contribution in [0.25, 0.3) is 0 Å². The third-order valence-electron chi connectivity index (χ3n) is 5.94. The van der Waals surface area contributed by atoms with Crippen LogP contribution in [0, 0.1) is 0 Å². The molecule has 0 aliphatic heterocycles. The molecule has 1 atom stereocenters. The Morgan fingerprint density at radius 3 is 2.14 bits per heavy atom. The summed E-state index contributed by atoms with van der Waals surface area (Å²) in [5.41, 5.74) is -0.0793. The van der Waals surface area contributed by atoms with Crippen molar-refractivity contribution in [2.45, 2.75) is 56.1 Å². The number of carbonyl (C=O) groups is 2. The molecule has 10 nitrogen and oxygen atoms in total. The van der Waals surface area contributed by atoms with Gasteiger partial charge in [-0.15, -0.1) is 0 Å². The Morgan fingerprint density at radius 2 is 1.56 bits per heavy atom. The lowest BCUT2D eigenvalue weighted by Gasteiger charge is -2.24. The largest absolute Gasteiger partial charge is 0.493 e. The molecule has 0 aromatic heterocycles. The van der Waals surface area contributed by atoms with Gasteiger partial charge in [0.15, 0.2) is 17.6 Å². The lowest BCUT2D eigenvalue weighted by Crippen LogP contribution is -2.43. The number of ether oxygens (including phenoxy) is 4. The number of rotatable bonds is 10. The van der Waals surface area contributed by atoms with Gasteiger partial charge in [0.25, 0.3) is 15.9 Å². The fourth-order valence-corrected chi connectivity index (χ4v) is 5.04. The van der Waals surface area contributed by atoms with E-state index < -0.39 is 22.1 Å². The van der Waals surface area contributed by atoms with Gasteiger partial charge in [-0.1, -0.05) is 19.3 Å². The van der Waals surface area contributed by atoms with E-state index in [4.69, 9.17) is 18.9 Å². The maximum absolute atomic E-state index is 13.0. The number of carbonyl (C=O) groups excluding carboxylic acids is 2. The molecule has 1 amide bonds. The zero-order valence-corrected chi connectivity index (χ0v) is 21.6. The van der Waals surface area contributed by atoms with E-state index in [2.05, 4.69) is 10.0 Å². The van der Waals surface area contributed by atoms with Gasteiger partial charge in [0.1, 0.15) is 5.75 Å². The van der Waals surface area contributed by atoms with E-state index in [0.717, 1.165) is 25.7 Å². The number of esters is 1. The van der Waals surface area contributed by atoms with Gasteiger partial charge >= 0.3 is 5.97 Å². The van der Waals surface area contributed by atoms with Crippen LogP contribution in [0.15, 0.2) is 41.3 Å². The average molecular weight is 521 g/mol. The number of methoxy groups -OCH3 is 3. The number of sulfonamides is 1. The quantitative estimate of drug-likeness (QED) is 0.456. The molecular formula is C25H32N2O8S. The number of amides is 1. The van der Waals surface area contributed by atoms with Crippen LogP contribution in [0.2, 0.25) is 0 Å². The number of benzene rings is 2. The highest BCUT2D eigenvalue weighted by atomic mass is 32.2. The minimum absolute atomic E-state index is 0.0344. The zero-order chi connectivity index (χ0) is 26.3. The van der Waals surface area contributed by atoms with E-state index in [1.165, 1.54) is 64.1 Å². The monoisotopic (exact) mass is 520 g/mol. The van der Waals surface area contributed by atoms with Gasteiger partial charge in [0, 0.05) is 18.2 Å². The third-order valence-corrected chi connectivity index (χ3v) is 7.32. The summed E-state index contributed by atoms with van der Waals surface area (Å²) < 4.78 is 49.4. The molecule has 1 aliphatic rings.